The molecule has 0 amide bonds. The van der Waals surface area contributed by atoms with Gasteiger partial charge in [-0.2, -0.15) is 0 Å². The number of hydrogen-bond donors (Lipinski definition) is 3. The molecule has 0 atom stereocenters. The molecule has 5 N–H and O–H groups in total. The van der Waals surface area contributed by atoms with Gasteiger partial charge in [-0.1, -0.05) is 34.6 Å². The fourth-order valence-electron chi connectivity index (χ4n) is 2.81. The number of rotatable bonds is 3. The predicted octanol–water partition coefficient (Wildman–Crippen LogP) is 1.06. The van der Waals surface area contributed by atoms with E-state index in [1.807, 2.05) is 0 Å². The molecule has 1 saturated heterocycles. The smallest absolute Gasteiger partial charge is 0.186 e. The molecule has 1 fully saturated rings. The molecule has 0 bridgehead atoms. The molecule has 0 aliphatic carbocycles. The minimum atomic E-state index is -0.126. The summed E-state index contributed by atoms with van der Waals surface area (Å²) in [5.41, 5.74) is 11.4. The summed E-state index contributed by atoms with van der Waals surface area (Å²) in [4.78, 5) is 4.48. The van der Waals surface area contributed by atoms with Crippen LogP contribution < -0.4 is 16.8 Å². The second-order valence-electron chi connectivity index (χ2n) is 6.79. The normalized spacial score (nSPS) is 20.1. The maximum atomic E-state index is 5.55. The van der Waals surface area contributed by atoms with Crippen molar-refractivity contribution >= 4 is 5.96 Å². The topological polar surface area (TPSA) is 76.4 Å². The van der Waals surface area contributed by atoms with E-state index in [0.29, 0.717) is 0 Å². The Kier molecular flexibility index (Phi) is 3.25. The highest BCUT2D eigenvalue weighted by atomic mass is 15.2. The van der Waals surface area contributed by atoms with Crippen molar-refractivity contribution in [1.29, 1.82) is 0 Å². The monoisotopic (exact) mass is 226 g/mol. The van der Waals surface area contributed by atoms with Gasteiger partial charge in [0.15, 0.2) is 5.96 Å². The Hall–Kier alpha value is -0.770. The summed E-state index contributed by atoms with van der Waals surface area (Å²) < 4.78 is 0. The lowest BCUT2D eigenvalue weighted by Gasteiger charge is -2.52. The van der Waals surface area contributed by atoms with Crippen molar-refractivity contribution in [3.05, 3.63) is 0 Å². The first-order valence-electron chi connectivity index (χ1n) is 5.90. The maximum absolute atomic E-state index is 5.55. The van der Waals surface area contributed by atoms with Crippen molar-refractivity contribution in [3.63, 3.8) is 0 Å². The van der Waals surface area contributed by atoms with E-state index in [1.165, 1.54) is 0 Å². The zero-order valence-corrected chi connectivity index (χ0v) is 11.2. The van der Waals surface area contributed by atoms with Gasteiger partial charge in [-0.15, -0.1) is 0 Å². The van der Waals surface area contributed by atoms with Gasteiger partial charge in [-0.25, -0.2) is 4.99 Å². The molecule has 4 nitrogen and oxygen atoms in total. The van der Waals surface area contributed by atoms with Gasteiger partial charge in [0, 0.05) is 13.1 Å². The second kappa shape index (κ2) is 3.91. The standard InChI is InChI=1S/C12H26N4/c1-10(2,3)6-11(4,5)12(7-15-8-12)16-9(13)14/h15H,6-8H2,1-5H3,(H4,13,14,16). The number of nitrogens with zero attached hydrogens (tertiary/aromatic N) is 1. The van der Waals surface area contributed by atoms with Crippen molar-refractivity contribution in [2.24, 2.45) is 27.3 Å². The van der Waals surface area contributed by atoms with Crippen molar-refractivity contribution in [2.45, 2.75) is 46.6 Å². The average molecular weight is 226 g/mol. The van der Waals surface area contributed by atoms with E-state index in [-0.39, 0.29) is 22.3 Å². The van der Waals surface area contributed by atoms with E-state index in [0.717, 1.165) is 19.5 Å². The third kappa shape index (κ3) is 2.67. The number of aliphatic imine (C=N–C) groups is 1. The molecule has 0 saturated carbocycles. The highest BCUT2D eigenvalue weighted by Crippen LogP contribution is 2.45. The molecular formula is C12H26N4. The van der Waals surface area contributed by atoms with Crippen LogP contribution in [0.5, 0.6) is 0 Å². The lowest BCUT2D eigenvalue weighted by atomic mass is 9.62. The van der Waals surface area contributed by atoms with Gasteiger partial charge in [-0.3, -0.25) is 0 Å². The minimum absolute atomic E-state index is 0.0977. The van der Waals surface area contributed by atoms with Gasteiger partial charge >= 0.3 is 0 Å². The first kappa shape index (κ1) is 13.3. The van der Waals surface area contributed by atoms with Crippen LogP contribution in [0.15, 0.2) is 4.99 Å². The first-order valence-corrected chi connectivity index (χ1v) is 5.90. The summed E-state index contributed by atoms with van der Waals surface area (Å²) in [5.74, 6) is 0.198. The zero-order valence-electron chi connectivity index (χ0n) is 11.2. The second-order valence-corrected chi connectivity index (χ2v) is 6.79. The Morgan fingerprint density at radius 3 is 1.94 bits per heavy atom. The third-order valence-corrected chi connectivity index (χ3v) is 3.41. The van der Waals surface area contributed by atoms with Gasteiger partial charge < -0.3 is 16.8 Å². The van der Waals surface area contributed by atoms with Crippen molar-refractivity contribution in [1.82, 2.24) is 5.32 Å². The van der Waals surface area contributed by atoms with Crippen LogP contribution in [0.1, 0.15) is 41.0 Å². The summed E-state index contributed by atoms with van der Waals surface area (Å²) in [6, 6.07) is 0. The fourth-order valence-corrected chi connectivity index (χ4v) is 2.81. The molecule has 0 aromatic heterocycles. The molecule has 94 valence electrons. The summed E-state index contributed by atoms with van der Waals surface area (Å²) in [5, 5.41) is 3.28. The van der Waals surface area contributed by atoms with Crippen LogP contribution in [0.4, 0.5) is 0 Å². The van der Waals surface area contributed by atoms with E-state index >= 15 is 0 Å². The van der Waals surface area contributed by atoms with E-state index in [9.17, 15) is 0 Å². The molecule has 0 spiro atoms. The summed E-state index contributed by atoms with van der Waals surface area (Å²) in [7, 11) is 0. The van der Waals surface area contributed by atoms with Crippen LogP contribution in [0.2, 0.25) is 0 Å². The van der Waals surface area contributed by atoms with Gasteiger partial charge in [-0.05, 0) is 17.3 Å². The predicted molar refractivity (Wildman–Crippen MR) is 69.3 cm³/mol. The lowest BCUT2D eigenvalue weighted by Crippen LogP contribution is -2.67. The fraction of sp³-hybridized carbons (Fsp3) is 0.917. The third-order valence-electron chi connectivity index (χ3n) is 3.41. The molecular weight excluding hydrogens is 200 g/mol. The van der Waals surface area contributed by atoms with Crippen LogP contribution in [0.3, 0.4) is 0 Å². The highest BCUT2D eigenvalue weighted by Gasteiger charge is 2.50. The van der Waals surface area contributed by atoms with Crippen LogP contribution in [-0.2, 0) is 0 Å². The van der Waals surface area contributed by atoms with Crippen molar-refractivity contribution in [2.75, 3.05) is 13.1 Å². The quantitative estimate of drug-likeness (QED) is 0.497. The van der Waals surface area contributed by atoms with Gasteiger partial charge in [0.1, 0.15) is 0 Å². The van der Waals surface area contributed by atoms with E-state index in [1.54, 1.807) is 0 Å². The molecule has 1 aliphatic heterocycles. The van der Waals surface area contributed by atoms with Crippen LogP contribution in [0.25, 0.3) is 0 Å². The van der Waals surface area contributed by atoms with Gasteiger partial charge in [0.25, 0.3) is 0 Å². The molecule has 4 heteroatoms. The average Bonchev–Trinajstić information content (AvgIpc) is 1.90. The maximum Gasteiger partial charge on any atom is 0.186 e. The van der Waals surface area contributed by atoms with E-state index in [4.69, 9.17) is 11.5 Å². The molecule has 0 aromatic rings. The largest absolute Gasteiger partial charge is 0.370 e. The van der Waals surface area contributed by atoms with Crippen LogP contribution >= 0.6 is 0 Å². The SMILES string of the molecule is CC(C)(C)CC(C)(C)C1(N=C(N)N)CNC1. The summed E-state index contributed by atoms with van der Waals surface area (Å²) >= 11 is 0. The Balaban J connectivity index is 2.91. The van der Waals surface area contributed by atoms with Crippen molar-refractivity contribution < 1.29 is 0 Å². The van der Waals surface area contributed by atoms with E-state index < -0.39 is 0 Å². The Morgan fingerprint density at radius 1 is 1.19 bits per heavy atom. The molecule has 0 radical (unpaired) electrons. The van der Waals surface area contributed by atoms with Crippen LogP contribution in [-0.4, -0.2) is 24.6 Å². The number of nitrogens with two attached hydrogens (primary N) is 2. The lowest BCUT2D eigenvalue weighted by molar-refractivity contribution is 0.0595. The molecule has 1 rings (SSSR count). The number of hydrogen-bond acceptors (Lipinski definition) is 2. The summed E-state index contributed by atoms with van der Waals surface area (Å²) in [6.07, 6.45) is 1.10. The summed E-state index contributed by atoms with van der Waals surface area (Å²) in [6.45, 7) is 13.0. The Bertz CT molecular complexity index is 278. The molecule has 1 heterocycles. The van der Waals surface area contributed by atoms with E-state index in [2.05, 4.69) is 44.9 Å². The minimum Gasteiger partial charge on any atom is -0.370 e. The van der Waals surface area contributed by atoms with Crippen molar-refractivity contribution in [3.8, 4) is 0 Å². The highest BCUT2D eigenvalue weighted by molar-refractivity contribution is 5.76. The Labute approximate surface area is 98.9 Å². The van der Waals surface area contributed by atoms with Crippen LogP contribution in [0, 0.1) is 10.8 Å². The zero-order chi connectivity index (χ0) is 12.6. The molecule has 1 aliphatic rings. The molecule has 0 unspecified atom stereocenters. The number of nitrogens with one attached hydrogen (secondary N) is 1. The van der Waals surface area contributed by atoms with Gasteiger partial charge in [0.05, 0.1) is 5.54 Å². The Morgan fingerprint density at radius 2 is 1.69 bits per heavy atom. The molecule has 16 heavy (non-hydrogen) atoms. The van der Waals surface area contributed by atoms with Gasteiger partial charge in [0.2, 0.25) is 0 Å². The number of guanidine groups is 1. The molecule has 0 aromatic carbocycles. The first-order chi connectivity index (χ1) is 7.08.